The third-order valence-electron chi connectivity index (χ3n) is 5.51. The summed E-state index contributed by atoms with van der Waals surface area (Å²) in [6.07, 6.45) is 2.76. The van der Waals surface area contributed by atoms with Crippen LogP contribution in [0, 0.1) is 0 Å². The lowest BCUT2D eigenvalue weighted by Gasteiger charge is -2.25. The minimum Gasteiger partial charge on any atom is -0.486 e. The fraction of sp³-hybridized carbons (Fsp3) is 0.409. The Labute approximate surface area is 170 Å². The van der Waals surface area contributed by atoms with E-state index in [1.807, 2.05) is 35.2 Å². The van der Waals surface area contributed by atoms with Crippen molar-refractivity contribution in [2.45, 2.75) is 32.9 Å². The molecule has 7 nitrogen and oxygen atoms in total. The van der Waals surface area contributed by atoms with Gasteiger partial charge in [-0.2, -0.15) is 0 Å². The number of nitrogens with zero attached hydrogens (tertiary/aromatic N) is 4. The number of pyridine rings is 1. The zero-order valence-corrected chi connectivity index (χ0v) is 16.9. The second-order valence-corrected chi connectivity index (χ2v) is 7.24. The van der Waals surface area contributed by atoms with Gasteiger partial charge in [0.15, 0.2) is 11.5 Å². The van der Waals surface area contributed by atoms with Gasteiger partial charge in [-0.05, 0) is 43.8 Å². The van der Waals surface area contributed by atoms with Crippen molar-refractivity contribution in [1.29, 1.82) is 0 Å². The number of rotatable bonds is 7. The number of hydrogen-bond acceptors (Lipinski definition) is 6. The molecule has 1 aliphatic heterocycles. The average Bonchev–Trinajstić information content (AvgIpc) is 3.43. The van der Waals surface area contributed by atoms with Gasteiger partial charge in [0.2, 0.25) is 0 Å². The van der Waals surface area contributed by atoms with Gasteiger partial charge < -0.3 is 14.2 Å². The van der Waals surface area contributed by atoms with Gasteiger partial charge in [0.25, 0.3) is 5.91 Å². The Balaban J connectivity index is 1.36. The molecule has 1 atom stereocenters. The molecule has 3 aromatic rings. The number of hydrogen-bond donors (Lipinski definition) is 0. The molecule has 3 heterocycles. The van der Waals surface area contributed by atoms with Gasteiger partial charge in [0.05, 0.1) is 5.52 Å². The summed E-state index contributed by atoms with van der Waals surface area (Å²) in [5.74, 6) is 1.17. The van der Waals surface area contributed by atoms with Crippen molar-refractivity contribution < 1.29 is 14.1 Å². The number of carbonyl (C=O) groups is 1. The Kier molecular flexibility index (Phi) is 5.76. The molecule has 0 radical (unpaired) electrons. The number of aromatic nitrogens is 2. The van der Waals surface area contributed by atoms with Crippen molar-refractivity contribution >= 4 is 16.8 Å². The molecule has 1 fully saturated rings. The molecule has 1 aromatic carbocycles. The molecule has 0 bridgehead atoms. The third kappa shape index (κ3) is 4.24. The summed E-state index contributed by atoms with van der Waals surface area (Å²) >= 11 is 0. The lowest BCUT2D eigenvalue weighted by Crippen LogP contribution is -2.38. The van der Waals surface area contributed by atoms with E-state index in [1.165, 1.54) is 0 Å². The van der Waals surface area contributed by atoms with E-state index < -0.39 is 0 Å². The van der Waals surface area contributed by atoms with Crippen molar-refractivity contribution in [3.8, 4) is 5.75 Å². The maximum atomic E-state index is 12.8. The van der Waals surface area contributed by atoms with Crippen LogP contribution in [-0.4, -0.2) is 58.1 Å². The minimum atomic E-state index is -0.0774. The maximum Gasteiger partial charge on any atom is 0.276 e. The van der Waals surface area contributed by atoms with Crippen LogP contribution in [0.25, 0.3) is 10.9 Å². The molecule has 7 heteroatoms. The topological polar surface area (TPSA) is 71.7 Å². The van der Waals surface area contributed by atoms with Crippen molar-refractivity contribution in [2.24, 2.45) is 0 Å². The van der Waals surface area contributed by atoms with Crippen LogP contribution >= 0.6 is 0 Å². The highest BCUT2D eigenvalue weighted by Gasteiger charge is 2.31. The predicted octanol–water partition coefficient (Wildman–Crippen LogP) is 3.36. The molecule has 152 valence electrons. The summed E-state index contributed by atoms with van der Waals surface area (Å²) in [6.45, 7) is 8.02. The quantitative estimate of drug-likeness (QED) is 0.612. The van der Waals surface area contributed by atoms with Crippen molar-refractivity contribution in [2.75, 3.05) is 26.2 Å². The fourth-order valence-electron chi connectivity index (χ4n) is 3.91. The first-order valence-electron chi connectivity index (χ1n) is 10.1. The molecule has 0 N–H and O–H groups in total. The van der Waals surface area contributed by atoms with Crippen LogP contribution in [0.1, 0.15) is 36.5 Å². The van der Waals surface area contributed by atoms with E-state index in [0.29, 0.717) is 17.5 Å². The molecule has 29 heavy (non-hydrogen) atoms. The van der Waals surface area contributed by atoms with E-state index in [0.717, 1.165) is 49.3 Å². The zero-order valence-electron chi connectivity index (χ0n) is 16.9. The first-order chi connectivity index (χ1) is 14.2. The van der Waals surface area contributed by atoms with Crippen LogP contribution in [0.2, 0.25) is 0 Å². The second-order valence-electron chi connectivity index (χ2n) is 7.24. The van der Waals surface area contributed by atoms with Gasteiger partial charge in [-0.3, -0.25) is 14.7 Å². The Morgan fingerprint density at radius 1 is 1.28 bits per heavy atom. The third-order valence-corrected chi connectivity index (χ3v) is 5.51. The number of ether oxygens (including phenoxy) is 1. The number of fused-ring (bicyclic) bond motifs is 1. The molecule has 1 unspecified atom stereocenters. The van der Waals surface area contributed by atoms with Gasteiger partial charge in [-0.15, -0.1) is 0 Å². The second kappa shape index (κ2) is 8.61. The monoisotopic (exact) mass is 394 g/mol. The molecular formula is C22H26N4O3. The van der Waals surface area contributed by atoms with E-state index in [4.69, 9.17) is 9.26 Å². The molecule has 0 spiro atoms. The first-order valence-corrected chi connectivity index (χ1v) is 10.1. The lowest BCUT2D eigenvalue weighted by molar-refractivity contribution is 0.0767. The Morgan fingerprint density at radius 2 is 2.14 bits per heavy atom. The summed E-state index contributed by atoms with van der Waals surface area (Å²) < 4.78 is 11.1. The van der Waals surface area contributed by atoms with Gasteiger partial charge >= 0.3 is 0 Å². The fourth-order valence-corrected chi connectivity index (χ4v) is 3.91. The van der Waals surface area contributed by atoms with E-state index in [9.17, 15) is 4.79 Å². The summed E-state index contributed by atoms with van der Waals surface area (Å²) in [7, 11) is 0. The lowest BCUT2D eigenvalue weighted by atomic mass is 10.2. The van der Waals surface area contributed by atoms with Gasteiger partial charge in [-0.1, -0.05) is 25.1 Å². The highest BCUT2D eigenvalue weighted by atomic mass is 16.5. The largest absolute Gasteiger partial charge is 0.486 e. The van der Waals surface area contributed by atoms with Crippen molar-refractivity contribution in [3.63, 3.8) is 0 Å². The number of likely N-dealkylation sites (tertiary alicyclic amines) is 1. The molecule has 2 aromatic heterocycles. The summed E-state index contributed by atoms with van der Waals surface area (Å²) in [5.41, 5.74) is 1.26. The Bertz CT molecular complexity index is 983. The summed E-state index contributed by atoms with van der Waals surface area (Å²) in [6, 6.07) is 11.7. The Hall–Kier alpha value is -2.93. The van der Waals surface area contributed by atoms with E-state index in [2.05, 4.69) is 28.9 Å². The van der Waals surface area contributed by atoms with Crippen LogP contribution in [0.3, 0.4) is 0 Å². The molecule has 1 saturated heterocycles. The van der Waals surface area contributed by atoms with Crippen LogP contribution in [0.15, 0.2) is 47.1 Å². The molecule has 4 rings (SSSR count). The number of likely N-dealkylation sites (N-methyl/N-ethyl adjacent to an activating group) is 1. The molecule has 0 aliphatic carbocycles. The van der Waals surface area contributed by atoms with Gasteiger partial charge in [-0.25, -0.2) is 0 Å². The van der Waals surface area contributed by atoms with E-state index in [-0.39, 0.29) is 12.5 Å². The van der Waals surface area contributed by atoms with Crippen LogP contribution < -0.4 is 4.74 Å². The van der Waals surface area contributed by atoms with Crippen LogP contribution in [0.4, 0.5) is 0 Å². The zero-order chi connectivity index (χ0) is 20.2. The number of benzene rings is 1. The standard InChI is InChI=1S/C22H26N4O3/c1-3-25(4-2)17-9-11-26(14-17)22(27)21-13-19(29-24-21)15-28-18-7-8-20-16(12-18)6-5-10-23-20/h5-8,10,12-13,17H,3-4,9,11,14-15H2,1-2H3. The molecule has 1 aliphatic rings. The predicted molar refractivity (Wildman–Crippen MR) is 110 cm³/mol. The van der Waals surface area contributed by atoms with Crippen LogP contribution in [-0.2, 0) is 6.61 Å². The van der Waals surface area contributed by atoms with Gasteiger partial charge in [0, 0.05) is 36.8 Å². The van der Waals surface area contributed by atoms with E-state index >= 15 is 0 Å². The number of amides is 1. The normalized spacial score (nSPS) is 16.7. The highest BCUT2D eigenvalue weighted by Crippen LogP contribution is 2.21. The van der Waals surface area contributed by atoms with Crippen molar-refractivity contribution in [3.05, 3.63) is 54.0 Å². The summed E-state index contributed by atoms with van der Waals surface area (Å²) in [5, 5.41) is 4.97. The highest BCUT2D eigenvalue weighted by molar-refractivity contribution is 5.92. The minimum absolute atomic E-state index is 0.0774. The van der Waals surface area contributed by atoms with E-state index in [1.54, 1.807) is 12.3 Å². The molecular weight excluding hydrogens is 368 g/mol. The SMILES string of the molecule is CCN(CC)C1CCN(C(=O)c2cc(COc3ccc4ncccc4c3)on2)C1. The Morgan fingerprint density at radius 3 is 2.97 bits per heavy atom. The van der Waals surface area contributed by atoms with Crippen molar-refractivity contribution in [1.82, 2.24) is 19.9 Å². The maximum absolute atomic E-state index is 12.8. The first kappa shape index (κ1) is 19.4. The molecule has 1 amide bonds. The van der Waals surface area contributed by atoms with Crippen LogP contribution in [0.5, 0.6) is 5.75 Å². The smallest absolute Gasteiger partial charge is 0.276 e. The average molecular weight is 394 g/mol. The number of carbonyl (C=O) groups excluding carboxylic acids is 1. The summed E-state index contributed by atoms with van der Waals surface area (Å²) in [4.78, 5) is 21.3. The molecule has 0 saturated carbocycles. The van der Waals surface area contributed by atoms with Gasteiger partial charge in [0.1, 0.15) is 12.4 Å².